The number of halogens is 2. The predicted octanol–water partition coefficient (Wildman–Crippen LogP) is 4.54. The van der Waals surface area contributed by atoms with E-state index in [1.807, 2.05) is 49.4 Å². The highest BCUT2D eigenvalue weighted by Crippen LogP contribution is 2.21. The molecule has 1 N–H and O–H groups in total. The van der Waals surface area contributed by atoms with E-state index in [0.717, 1.165) is 20.2 Å². The second kappa shape index (κ2) is 6.90. The third-order valence-electron chi connectivity index (χ3n) is 2.61. The van der Waals surface area contributed by atoms with Gasteiger partial charge in [0, 0.05) is 14.6 Å². The van der Waals surface area contributed by atoms with E-state index in [4.69, 9.17) is 4.74 Å². The Labute approximate surface area is 134 Å². The number of aryl methyl sites for hydroxylation is 1. The molecule has 0 aromatic heterocycles. The molecule has 0 bridgehead atoms. The van der Waals surface area contributed by atoms with Crippen molar-refractivity contribution in [3.63, 3.8) is 0 Å². The number of rotatable bonds is 4. The highest BCUT2D eigenvalue weighted by atomic mass is 79.9. The largest absolute Gasteiger partial charge is 0.484 e. The van der Waals surface area contributed by atoms with E-state index < -0.39 is 0 Å². The first-order chi connectivity index (χ1) is 9.54. The van der Waals surface area contributed by atoms with Gasteiger partial charge in [-0.3, -0.25) is 4.79 Å². The van der Waals surface area contributed by atoms with Crippen molar-refractivity contribution < 1.29 is 9.53 Å². The van der Waals surface area contributed by atoms with Crippen molar-refractivity contribution in [3.8, 4) is 5.75 Å². The minimum Gasteiger partial charge on any atom is -0.484 e. The number of anilines is 1. The summed E-state index contributed by atoms with van der Waals surface area (Å²) >= 11 is 6.78. The van der Waals surface area contributed by atoms with Gasteiger partial charge < -0.3 is 10.1 Å². The van der Waals surface area contributed by atoms with Crippen LogP contribution in [0.3, 0.4) is 0 Å². The zero-order valence-electron chi connectivity index (χ0n) is 10.8. The number of benzene rings is 2. The molecule has 0 saturated carbocycles. The van der Waals surface area contributed by atoms with E-state index in [1.165, 1.54) is 0 Å². The molecule has 0 aliphatic rings. The van der Waals surface area contributed by atoms with Crippen LogP contribution in [0.4, 0.5) is 5.69 Å². The zero-order chi connectivity index (χ0) is 14.5. The van der Waals surface area contributed by atoms with Crippen LogP contribution in [0.15, 0.2) is 51.4 Å². The summed E-state index contributed by atoms with van der Waals surface area (Å²) in [6.45, 7) is 1.95. The molecular formula is C15H13Br2NO2. The second-order valence-electron chi connectivity index (χ2n) is 4.26. The smallest absolute Gasteiger partial charge is 0.262 e. The molecule has 0 spiro atoms. The summed E-state index contributed by atoms with van der Waals surface area (Å²) in [6, 6.07) is 13.0. The molecule has 1 amide bonds. The standard InChI is InChI=1S/C15H13Br2NO2/c1-10-7-13(5-6-14(10)17)20-9-15(19)18-12-4-2-3-11(16)8-12/h2-8H,9H2,1H3,(H,18,19). The van der Waals surface area contributed by atoms with E-state index in [1.54, 1.807) is 0 Å². The van der Waals surface area contributed by atoms with Gasteiger partial charge in [-0.05, 0) is 48.9 Å². The van der Waals surface area contributed by atoms with Crippen molar-refractivity contribution >= 4 is 43.5 Å². The molecule has 0 aliphatic carbocycles. The van der Waals surface area contributed by atoms with Gasteiger partial charge in [-0.25, -0.2) is 0 Å². The summed E-state index contributed by atoms with van der Waals surface area (Å²) in [5.41, 5.74) is 1.80. The lowest BCUT2D eigenvalue weighted by atomic mass is 10.2. The molecule has 2 aromatic rings. The first-order valence-corrected chi connectivity index (χ1v) is 7.57. The Morgan fingerprint density at radius 2 is 2.00 bits per heavy atom. The van der Waals surface area contributed by atoms with E-state index in [-0.39, 0.29) is 12.5 Å². The van der Waals surface area contributed by atoms with E-state index in [0.29, 0.717) is 5.75 Å². The van der Waals surface area contributed by atoms with Crippen LogP contribution in [0.25, 0.3) is 0 Å². The van der Waals surface area contributed by atoms with Crippen molar-refractivity contribution in [2.45, 2.75) is 6.92 Å². The Hall–Kier alpha value is -1.33. The normalized spacial score (nSPS) is 10.2. The first-order valence-electron chi connectivity index (χ1n) is 5.99. The molecular weight excluding hydrogens is 386 g/mol. The molecule has 2 aromatic carbocycles. The van der Waals surface area contributed by atoms with Crippen LogP contribution in [0.1, 0.15) is 5.56 Å². The average Bonchev–Trinajstić information content (AvgIpc) is 2.40. The van der Waals surface area contributed by atoms with Gasteiger partial charge in [-0.2, -0.15) is 0 Å². The highest BCUT2D eigenvalue weighted by Gasteiger charge is 2.05. The molecule has 0 heterocycles. The molecule has 0 saturated heterocycles. The summed E-state index contributed by atoms with van der Waals surface area (Å²) < 4.78 is 7.39. The number of carbonyl (C=O) groups excluding carboxylic acids is 1. The lowest BCUT2D eigenvalue weighted by Gasteiger charge is -2.09. The summed E-state index contributed by atoms with van der Waals surface area (Å²) in [5.74, 6) is 0.485. The van der Waals surface area contributed by atoms with Crippen LogP contribution in [0, 0.1) is 6.92 Å². The molecule has 5 heteroatoms. The van der Waals surface area contributed by atoms with Gasteiger partial charge >= 0.3 is 0 Å². The molecule has 2 rings (SSSR count). The Morgan fingerprint density at radius 1 is 1.20 bits per heavy atom. The quantitative estimate of drug-likeness (QED) is 0.821. The number of nitrogens with one attached hydrogen (secondary N) is 1. The minimum atomic E-state index is -0.191. The summed E-state index contributed by atoms with van der Waals surface area (Å²) in [5, 5.41) is 2.78. The maximum absolute atomic E-state index is 11.8. The number of hydrogen-bond donors (Lipinski definition) is 1. The summed E-state index contributed by atoms with van der Waals surface area (Å²) in [6.07, 6.45) is 0. The predicted molar refractivity (Wildman–Crippen MR) is 87.1 cm³/mol. The van der Waals surface area contributed by atoms with Crippen LogP contribution in [0.5, 0.6) is 5.75 Å². The van der Waals surface area contributed by atoms with E-state index in [2.05, 4.69) is 37.2 Å². The number of carbonyl (C=O) groups is 1. The topological polar surface area (TPSA) is 38.3 Å². The Balaban J connectivity index is 1.90. The molecule has 0 aliphatic heterocycles. The highest BCUT2D eigenvalue weighted by molar-refractivity contribution is 9.10. The van der Waals surface area contributed by atoms with Crippen molar-refractivity contribution in [2.75, 3.05) is 11.9 Å². The van der Waals surface area contributed by atoms with Gasteiger partial charge in [0.05, 0.1) is 0 Å². The van der Waals surface area contributed by atoms with Crippen molar-refractivity contribution in [3.05, 3.63) is 57.0 Å². The molecule has 0 radical (unpaired) electrons. The lowest BCUT2D eigenvalue weighted by molar-refractivity contribution is -0.118. The van der Waals surface area contributed by atoms with Crippen LogP contribution in [-0.2, 0) is 4.79 Å². The van der Waals surface area contributed by atoms with Gasteiger partial charge in [0.15, 0.2) is 6.61 Å². The van der Waals surface area contributed by atoms with Crippen molar-refractivity contribution in [1.82, 2.24) is 0 Å². The molecule has 104 valence electrons. The first kappa shape index (κ1) is 15.1. The summed E-state index contributed by atoms with van der Waals surface area (Å²) in [7, 11) is 0. The maximum atomic E-state index is 11.8. The van der Waals surface area contributed by atoms with Crippen LogP contribution >= 0.6 is 31.9 Å². The van der Waals surface area contributed by atoms with Crippen LogP contribution in [-0.4, -0.2) is 12.5 Å². The minimum absolute atomic E-state index is 0.0203. The maximum Gasteiger partial charge on any atom is 0.262 e. The Morgan fingerprint density at radius 3 is 2.70 bits per heavy atom. The van der Waals surface area contributed by atoms with Gasteiger partial charge in [0.2, 0.25) is 0 Å². The molecule has 20 heavy (non-hydrogen) atoms. The van der Waals surface area contributed by atoms with Gasteiger partial charge in [-0.15, -0.1) is 0 Å². The fourth-order valence-corrected chi connectivity index (χ4v) is 2.27. The van der Waals surface area contributed by atoms with Gasteiger partial charge in [-0.1, -0.05) is 37.9 Å². The third kappa shape index (κ3) is 4.35. The fourth-order valence-electron chi connectivity index (χ4n) is 1.62. The molecule has 3 nitrogen and oxygen atoms in total. The van der Waals surface area contributed by atoms with Crippen molar-refractivity contribution in [2.24, 2.45) is 0 Å². The SMILES string of the molecule is Cc1cc(OCC(=O)Nc2cccc(Br)c2)ccc1Br. The summed E-state index contributed by atoms with van der Waals surface area (Å²) in [4.78, 5) is 11.8. The number of ether oxygens (including phenoxy) is 1. The molecule has 0 fully saturated rings. The lowest BCUT2D eigenvalue weighted by Crippen LogP contribution is -2.20. The Kier molecular flexibility index (Phi) is 5.20. The Bertz CT molecular complexity index is 629. The average molecular weight is 399 g/mol. The fraction of sp³-hybridized carbons (Fsp3) is 0.133. The molecule has 0 atom stereocenters. The third-order valence-corrected chi connectivity index (χ3v) is 3.99. The van der Waals surface area contributed by atoms with E-state index in [9.17, 15) is 4.79 Å². The van der Waals surface area contributed by atoms with Gasteiger partial charge in [0.1, 0.15) is 5.75 Å². The van der Waals surface area contributed by atoms with E-state index >= 15 is 0 Å². The van der Waals surface area contributed by atoms with Crippen LogP contribution < -0.4 is 10.1 Å². The number of amides is 1. The monoisotopic (exact) mass is 397 g/mol. The van der Waals surface area contributed by atoms with Crippen LogP contribution in [0.2, 0.25) is 0 Å². The van der Waals surface area contributed by atoms with Crippen molar-refractivity contribution in [1.29, 1.82) is 0 Å². The number of hydrogen-bond acceptors (Lipinski definition) is 2. The molecule has 0 unspecified atom stereocenters. The zero-order valence-corrected chi connectivity index (χ0v) is 14.0. The van der Waals surface area contributed by atoms with Gasteiger partial charge in [0.25, 0.3) is 5.91 Å². The second-order valence-corrected chi connectivity index (χ2v) is 6.03.